The van der Waals surface area contributed by atoms with Gasteiger partial charge >= 0.3 is 0 Å². The molecular weight excluding hydrogens is 376 g/mol. The van der Waals surface area contributed by atoms with Gasteiger partial charge < -0.3 is 5.11 Å². The van der Waals surface area contributed by atoms with E-state index in [4.69, 9.17) is 0 Å². The van der Waals surface area contributed by atoms with E-state index in [1.54, 1.807) is 5.57 Å². The van der Waals surface area contributed by atoms with E-state index in [-0.39, 0.29) is 18.5 Å². The third-order valence-corrected chi connectivity index (χ3v) is 10.3. The van der Waals surface area contributed by atoms with Gasteiger partial charge in [0, 0.05) is 0 Å². The lowest BCUT2D eigenvalue weighted by Crippen LogP contribution is -2.50. The zero-order chi connectivity index (χ0) is 20.1. The van der Waals surface area contributed by atoms with Crippen molar-refractivity contribution in [3.05, 3.63) is 11.6 Å². The first-order valence-corrected chi connectivity index (χ1v) is 12.6. The van der Waals surface area contributed by atoms with Gasteiger partial charge in [-0.1, -0.05) is 65.5 Å². The molecule has 0 aromatic heterocycles. The number of halogens is 1. The van der Waals surface area contributed by atoms with Crippen molar-refractivity contribution in [1.29, 1.82) is 0 Å². The Bertz CT molecular complexity index is 597. The largest absolute Gasteiger partial charge is 0.393 e. The highest BCUT2D eigenvalue weighted by Crippen LogP contribution is 2.67. The summed E-state index contributed by atoms with van der Waals surface area (Å²) in [4.78, 5) is 0. The molecule has 0 heterocycles. The molecule has 0 amide bonds. The third kappa shape index (κ3) is 4.09. The van der Waals surface area contributed by atoms with Crippen LogP contribution in [0.15, 0.2) is 11.6 Å². The van der Waals surface area contributed by atoms with Crippen LogP contribution < -0.4 is 0 Å². The minimum Gasteiger partial charge on any atom is -0.393 e. The van der Waals surface area contributed by atoms with Crippen molar-refractivity contribution < 1.29 is 5.11 Å². The molecule has 0 aromatic rings. The Morgan fingerprint density at radius 3 is 2.48 bits per heavy atom. The fourth-order valence-electron chi connectivity index (χ4n) is 8.67. The lowest BCUT2D eigenvalue weighted by atomic mass is 9.47. The number of hydrogen-bond donors (Lipinski definition) is 1. The monoisotopic (exact) mass is 422 g/mol. The van der Waals surface area contributed by atoms with Crippen LogP contribution in [0.1, 0.15) is 105 Å². The summed E-state index contributed by atoms with van der Waals surface area (Å²) in [5.74, 6) is 5.46. The lowest BCUT2D eigenvalue weighted by molar-refractivity contribution is -0.0573. The molecular formula is C27H47ClO. The molecule has 168 valence electrons. The zero-order valence-corrected chi connectivity index (χ0v) is 20.6. The van der Waals surface area contributed by atoms with Crippen LogP contribution in [0.2, 0.25) is 0 Å². The maximum Gasteiger partial charge on any atom is 0.0577 e. The van der Waals surface area contributed by atoms with Crippen molar-refractivity contribution in [2.45, 2.75) is 111 Å². The highest BCUT2D eigenvalue weighted by molar-refractivity contribution is 5.85. The quantitative estimate of drug-likeness (QED) is 0.447. The second kappa shape index (κ2) is 8.85. The second-order valence-electron chi connectivity index (χ2n) is 12.2. The van der Waals surface area contributed by atoms with E-state index in [2.05, 4.69) is 40.7 Å². The Labute approximate surface area is 186 Å². The van der Waals surface area contributed by atoms with Crippen LogP contribution in [0, 0.1) is 46.3 Å². The number of allylic oxidation sites excluding steroid dienone is 1. The molecule has 1 unspecified atom stereocenters. The van der Waals surface area contributed by atoms with E-state index in [0.29, 0.717) is 10.8 Å². The molecule has 0 bridgehead atoms. The van der Waals surface area contributed by atoms with Crippen LogP contribution in [0.25, 0.3) is 0 Å². The summed E-state index contributed by atoms with van der Waals surface area (Å²) in [6.07, 6.45) is 17.2. The minimum absolute atomic E-state index is 0. The van der Waals surface area contributed by atoms with Crippen molar-refractivity contribution in [3.63, 3.8) is 0 Å². The average Bonchev–Trinajstić information content (AvgIpc) is 2.99. The molecule has 1 N–H and O–H groups in total. The van der Waals surface area contributed by atoms with Gasteiger partial charge in [0.05, 0.1) is 6.10 Å². The topological polar surface area (TPSA) is 20.2 Å². The third-order valence-electron chi connectivity index (χ3n) is 10.3. The van der Waals surface area contributed by atoms with Gasteiger partial charge in [0.25, 0.3) is 0 Å². The zero-order valence-electron chi connectivity index (χ0n) is 19.8. The molecule has 0 aliphatic heterocycles. The van der Waals surface area contributed by atoms with E-state index < -0.39 is 0 Å². The Kier molecular flexibility index (Phi) is 7.22. The van der Waals surface area contributed by atoms with Gasteiger partial charge in [-0.3, -0.25) is 0 Å². The van der Waals surface area contributed by atoms with Crippen molar-refractivity contribution in [2.75, 3.05) is 0 Å². The summed E-state index contributed by atoms with van der Waals surface area (Å²) < 4.78 is 0. The van der Waals surface area contributed by atoms with E-state index >= 15 is 0 Å². The summed E-state index contributed by atoms with van der Waals surface area (Å²) in [5.41, 5.74) is 2.60. The maximum atomic E-state index is 10.2. The number of aliphatic hydroxyl groups is 1. The highest BCUT2D eigenvalue weighted by Gasteiger charge is 2.59. The Morgan fingerprint density at radius 2 is 1.76 bits per heavy atom. The van der Waals surface area contributed by atoms with Crippen LogP contribution >= 0.6 is 12.4 Å². The predicted molar refractivity (Wildman–Crippen MR) is 126 cm³/mol. The summed E-state index contributed by atoms with van der Waals surface area (Å²) in [7, 11) is 0. The summed E-state index contributed by atoms with van der Waals surface area (Å²) >= 11 is 0. The molecule has 8 atom stereocenters. The Morgan fingerprint density at radius 1 is 1.00 bits per heavy atom. The smallest absolute Gasteiger partial charge is 0.0577 e. The van der Waals surface area contributed by atoms with Crippen LogP contribution in [-0.4, -0.2) is 11.2 Å². The van der Waals surface area contributed by atoms with Crippen LogP contribution in [0.4, 0.5) is 0 Å². The number of aliphatic hydroxyl groups excluding tert-OH is 1. The number of fused-ring (bicyclic) bond motifs is 5. The minimum atomic E-state index is -0.0766. The first kappa shape index (κ1) is 23.6. The highest BCUT2D eigenvalue weighted by atomic mass is 35.5. The molecule has 0 aromatic carbocycles. The SMILES string of the molecule is CC(C)CCCC(C)[C@H]1CC[C@H]2[C@@H]3CC=C4C[C@@H](O)CC[C@]4(C)[C@H]3CC[C@]12C.Cl. The van der Waals surface area contributed by atoms with E-state index in [0.717, 1.165) is 48.3 Å². The fourth-order valence-corrected chi connectivity index (χ4v) is 8.67. The van der Waals surface area contributed by atoms with E-state index in [1.807, 2.05) is 0 Å². The number of rotatable bonds is 5. The molecule has 3 fully saturated rings. The van der Waals surface area contributed by atoms with Crippen LogP contribution in [0.5, 0.6) is 0 Å². The molecule has 4 aliphatic rings. The molecule has 29 heavy (non-hydrogen) atoms. The van der Waals surface area contributed by atoms with Crippen molar-refractivity contribution in [1.82, 2.24) is 0 Å². The molecule has 0 spiro atoms. The summed E-state index contributed by atoms with van der Waals surface area (Å²) in [5, 5.41) is 10.2. The Hall–Kier alpha value is -0.0100. The first-order chi connectivity index (χ1) is 13.3. The normalized spacial score (nSPS) is 44.9. The van der Waals surface area contributed by atoms with Gasteiger partial charge in [-0.25, -0.2) is 0 Å². The van der Waals surface area contributed by atoms with Gasteiger partial charge in [0.15, 0.2) is 0 Å². The molecule has 2 heteroatoms. The van der Waals surface area contributed by atoms with Crippen molar-refractivity contribution >= 4 is 12.4 Å². The second-order valence-corrected chi connectivity index (χ2v) is 12.2. The molecule has 0 saturated heterocycles. The fraction of sp³-hybridized carbons (Fsp3) is 0.926. The summed E-state index contributed by atoms with van der Waals surface area (Å²) in [6.45, 7) is 12.6. The standard InChI is InChI=1S/C27H46O.ClH/c1-18(2)7-6-8-19(3)23-11-12-24-22-10-9-20-17-21(28)13-15-26(20,4)25(22)14-16-27(23,24)5;/h9,18-19,21-25,28H,6-8,10-17H2,1-5H3;1H/t19?,21-,22-,23+,24-,25-,26-,27+;/m0./s1. The molecule has 3 saturated carbocycles. The van der Waals surface area contributed by atoms with Crippen LogP contribution in [-0.2, 0) is 0 Å². The number of hydrogen-bond acceptors (Lipinski definition) is 1. The molecule has 4 aliphatic carbocycles. The lowest BCUT2D eigenvalue weighted by Gasteiger charge is -2.58. The molecule has 4 rings (SSSR count). The maximum absolute atomic E-state index is 10.2. The van der Waals surface area contributed by atoms with Gasteiger partial charge in [-0.05, 0) is 97.7 Å². The average molecular weight is 423 g/mol. The summed E-state index contributed by atoms with van der Waals surface area (Å²) in [6, 6.07) is 0. The van der Waals surface area contributed by atoms with Gasteiger partial charge in [-0.15, -0.1) is 12.4 Å². The van der Waals surface area contributed by atoms with E-state index in [1.165, 1.54) is 57.8 Å². The van der Waals surface area contributed by atoms with Gasteiger partial charge in [-0.2, -0.15) is 0 Å². The predicted octanol–water partition coefficient (Wildman–Crippen LogP) is 7.81. The van der Waals surface area contributed by atoms with Crippen LogP contribution in [0.3, 0.4) is 0 Å². The molecule has 1 nitrogen and oxygen atoms in total. The molecule has 0 radical (unpaired) electrons. The van der Waals surface area contributed by atoms with Crippen molar-refractivity contribution in [3.8, 4) is 0 Å². The Balaban J connectivity index is 0.00000240. The first-order valence-electron chi connectivity index (χ1n) is 12.6. The van der Waals surface area contributed by atoms with E-state index in [9.17, 15) is 5.11 Å². The van der Waals surface area contributed by atoms with Gasteiger partial charge in [0.1, 0.15) is 0 Å². The van der Waals surface area contributed by atoms with Crippen molar-refractivity contribution in [2.24, 2.45) is 46.3 Å². The van der Waals surface area contributed by atoms with Gasteiger partial charge in [0.2, 0.25) is 0 Å².